The number of aromatic nitrogens is 4. The summed E-state index contributed by atoms with van der Waals surface area (Å²) in [5.41, 5.74) is 1.61. The van der Waals surface area contributed by atoms with Crippen LogP contribution >= 0.6 is 22.7 Å². The first-order valence-corrected chi connectivity index (χ1v) is 9.83. The molecule has 0 atom stereocenters. The normalized spacial score (nSPS) is 11.3. The van der Waals surface area contributed by atoms with Crippen molar-refractivity contribution in [2.45, 2.75) is 26.3 Å². The summed E-state index contributed by atoms with van der Waals surface area (Å²) in [6.07, 6.45) is 3.54. The third-order valence-electron chi connectivity index (χ3n) is 3.45. The van der Waals surface area contributed by atoms with Crippen LogP contribution in [0.2, 0.25) is 0 Å². The number of hydrogen-bond acceptors (Lipinski definition) is 6. The Morgan fingerprint density at radius 3 is 2.77 bits per heavy atom. The minimum absolute atomic E-state index is 0.104. The van der Waals surface area contributed by atoms with Gasteiger partial charge in [-0.25, -0.2) is 9.97 Å². The van der Waals surface area contributed by atoms with Gasteiger partial charge in [-0.05, 0) is 56.9 Å². The Morgan fingerprint density at radius 1 is 1.12 bits per heavy atom. The molecule has 0 aliphatic rings. The number of rotatable bonds is 2. The zero-order valence-electron chi connectivity index (χ0n) is 14.6. The van der Waals surface area contributed by atoms with E-state index in [1.165, 1.54) is 0 Å². The van der Waals surface area contributed by atoms with E-state index in [0.29, 0.717) is 0 Å². The predicted octanol–water partition coefficient (Wildman–Crippen LogP) is 4.52. The lowest BCUT2D eigenvalue weighted by molar-refractivity contribution is 0.626. The fraction of sp³-hybridized carbons (Fsp3) is 0.211. The molecule has 4 aromatic heterocycles. The van der Waals surface area contributed by atoms with Crippen molar-refractivity contribution >= 4 is 34.1 Å². The van der Waals surface area contributed by atoms with E-state index in [4.69, 9.17) is 4.98 Å². The molecule has 0 aromatic carbocycles. The van der Waals surface area contributed by atoms with Crippen LogP contribution in [0.4, 0.5) is 5.82 Å². The van der Waals surface area contributed by atoms with E-state index in [1.807, 2.05) is 28.1 Å². The van der Waals surface area contributed by atoms with Gasteiger partial charge in [0.25, 0.3) is 0 Å². The van der Waals surface area contributed by atoms with Crippen LogP contribution in [0.25, 0.3) is 16.2 Å². The first-order chi connectivity index (χ1) is 12.5. The lowest BCUT2D eigenvalue weighted by atomic mass is 10.1. The van der Waals surface area contributed by atoms with E-state index in [1.54, 1.807) is 35.1 Å². The predicted molar refractivity (Wildman–Crippen MR) is 108 cm³/mol. The van der Waals surface area contributed by atoms with Gasteiger partial charge in [0.1, 0.15) is 5.69 Å². The van der Waals surface area contributed by atoms with Crippen molar-refractivity contribution in [2.24, 2.45) is 0 Å². The quantitative estimate of drug-likeness (QED) is 0.520. The Hall–Kier alpha value is -2.69. The van der Waals surface area contributed by atoms with Gasteiger partial charge >= 0.3 is 0 Å². The molecule has 0 saturated carbocycles. The number of nitrogens with zero attached hydrogens (tertiary/aromatic N) is 4. The molecule has 0 unspecified atom stereocenters. The molecule has 0 saturated heterocycles. The second kappa shape index (κ2) is 6.56. The summed E-state index contributed by atoms with van der Waals surface area (Å²) >= 11 is 3.17. The van der Waals surface area contributed by atoms with Gasteiger partial charge in [0.15, 0.2) is 16.5 Å². The molecule has 4 aromatic rings. The Kier molecular flexibility index (Phi) is 4.23. The Bertz CT molecular complexity index is 1100. The van der Waals surface area contributed by atoms with Crippen molar-refractivity contribution < 1.29 is 0 Å². The van der Waals surface area contributed by atoms with Gasteiger partial charge in [-0.2, -0.15) is 9.61 Å². The highest BCUT2D eigenvalue weighted by molar-refractivity contribution is 7.16. The zero-order chi connectivity index (χ0) is 18.1. The maximum absolute atomic E-state index is 4.78. The molecule has 26 heavy (non-hydrogen) atoms. The fourth-order valence-electron chi connectivity index (χ4n) is 2.46. The molecule has 4 heterocycles. The lowest BCUT2D eigenvalue weighted by Crippen LogP contribution is -2.27. The number of hydrogen-bond donors (Lipinski definition) is 1. The molecule has 1 N–H and O–H groups in total. The summed E-state index contributed by atoms with van der Waals surface area (Å²) < 4.78 is 1.85. The highest BCUT2D eigenvalue weighted by Crippen LogP contribution is 2.34. The minimum atomic E-state index is -0.104. The Morgan fingerprint density at radius 2 is 2.00 bits per heavy atom. The molecule has 130 valence electrons. The molecule has 0 radical (unpaired) electrons. The molecule has 7 heteroatoms. The number of imidazole rings is 1. The Balaban J connectivity index is 1.76. The standard InChI is InChI=1S/C19H17N5S2/c1-19(2,3)23-18-17(22-15-5-4-10-21-24(15)18)14-8-6-13(26-14)7-9-16-20-11-12-25-16/h4-6,8,10-12,23H,1-3H3. The fourth-order valence-corrected chi connectivity index (χ4v) is 3.79. The molecular formula is C19H17N5S2. The molecule has 0 aliphatic carbocycles. The van der Waals surface area contributed by atoms with Crippen molar-refractivity contribution in [3.63, 3.8) is 0 Å². The summed E-state index contributed by atoms with van der Waals surface area (Å²) in [5, 5.41) is 10.7. The first-order valence-electron chi connectivity index (χ1n) is 8.13. The molecule has 0 fully saturated rings. The van der Waals surface area contributed by atoms with Crippen LogP contribution in [0.3, 0.4) is 0 Å². The van der Waals surface area contributed by atoms with Crippen molar-refractivity contribution in [3.05, 3.63) is 51.9 Å². The number of anilines is 1. The number of thiazole rings is 1. The van der Waals surface area contributed by atoms with E-state index in [0.717, 1.165) is 31.9 Å². The summed E-state index contributed by atoms with van der Waals surface area (Å²) in [6, 6.07) is 7.94. The van der Waals surface area contributed by atoms with Gasteiger partial charge in [0, 0.05) is 23.3 Å². The van der Waals surface area contributed by atoms with E-state index in [-0.39, 0.29) is 5.54 Å². The monoisotopic (exact) mass is 379 g/mol. The molecule has 5 nitrogen and oxygen atoms in total. The van der Waals surface area contributed by atoms with Gasteiger partial charge in [0.2, 0.25) is 0 Å². The zero-order valence-corrected chi connectivity index (χ0v) is 16.3. The minimum Gasteiger partial charge on any atom is -0.364 e. The van der Waals surface area contributed by atoms with E-state index < -0.39 is 0 Å². The molecule has 0 aliphatic heterocycles. The van der Waals surface area contributed by atoms with Crippen LogP contribution in [0.15, 0.2) is 42.0 Å². The summed E-state index contributed by atoms with van der Waals surface area (Å²) in [6.45, 7) is 6.37. The number of thiophene rings is 1. The van der Waals surface area contributed by atoms with Gasteiger partial charge in [-0.1, -0.05) is 0 Å². The van der Waals surface area contributed by atoms with Crippen molar-refractivity contribution in [1.29, 1.82) is 0 Å². The maximum atomic E-state index is 4.78. The largest absolute Gasteiger partial charge is 0.364 e. The Labute approximate surface area is 159 Å². The number of nitrogens with one attached hydrogen (secondary N) is 1. The van der Waals surface area contributed by atoms with Gasteiger partial charge in [0.05, 0.1) is 9.75 Å². The average molecular weight is 380 g/mol. The van der Waals surface area contributed by atoms with Gasteiger partial charge < -0.3 is 5.32 Å². The van der Waals surface area contributed by atoms with Gasteiger partial charge in [-0.3, -0.25) is 0 Å². The van der Waals surface area contributed by atoms with Crippen molar-refractivity contribution in [3.8, 4) is 22.4 Å². The highest BCUT2D eigenvalue weighted by atomic mass is 32.1. The second-order valence-corrected chi connectivity index (χ2v) is 8.71. The summed E-state index contributed by atoms with van der Waals surface area (Å²) in [5.74, 6) is 7.18. The van der Waals surface area contributed by atoms with E-state index >= 15 is 0 Å². The second-order valence-electron chi connectivity index (χ2n) is 6.73. The topological polar surface area (TPSA) is 55.1 Å². The molecule has 0 amide bonds. The first kappa shape index (κ1) is 16.8. The van der Waals surface area contributed by atoms with Crippen LogP contribution < -0.4 is 5.32 Å². The van der Waals surface area contributed by atoms with Crippen molar-refractivity contribution in [2.75, 3.05) is 5.32 Å². The van der Waals surface area contributed by atoms with Crippen LogP contribution in [-0.2, 0) is 0 Å². The smallest absolute Gasteiger partial charge is 0.167 e. The molecular weight excluding hydrogens is 362 g/mol. The van der Waals surface area contributed by atoms with Gasteiger partial charge in [-0.15, -0.1) is 22.7 Å². The lowest BCUT2D eigenvalue weighted by Gasteiger charge is -2.21. The molecule has 0 spiro atoms. The van der Waals surface area contributed by atoms with Crippen LogP contribution in [-0.4, -0.2) is 25.1 Å². The highest BCUT2D eigenvalue weighted by Gasteiger charge is 2.20. The molecule has 4 rings (SSSR count). The summed E-state index contributed by atoms with van der Waals surface area (Å²) in [4.78, 5) is 11.0. The average Bonchev–Trinajstić information content (AvgIpc) is 3.32. The summed E-state index contributed by atoms with van der Waals surface area (Å²) in [7, 11) is 0. The number of fused-ring (bicyclic) bond motifs is 1. The SMILES string of the molecule is CC(C)(C)Nc1c(-c2ccc(C#Cc3nccs3)s2)nc2cccnn12. The van der Waals surface area contributed by atoms with E-state index in [2.05, 4.69) is 54.1 Å². The third-order valence-corrected chi connectivity index (χ3v) is 5.15. The van der Waals surface area contributed by atoms with Crippen molar-refractivity contribution in [1.82, 2.24) is 19.6 Å². The van der Waals surface area contributed by atoms with E-state index in [9.17, 15) is 0 Å². The van der Waals surface area contributed by atoms with Crippen LogP contribution in [0.5, 0.6) is 0 Å². The molecule has 0 bridgehead atoms. The van der Waals surface area contributed by atoms with Crippen LogP contribution in [0.1, 0.15) is 30.7 Å². The van der Waals surface area contributed by atoms with Crippen LogP contribution in [0, 0.1) is 11.8 Å². The third kappa shape index (κ3) is 3.47. The maximum Gasteiger partial charge on any atom is 0.167 e.